The molecule has 0 spiro atoms. The summed E-state index contributed by atoms with van der Waals surface area (Å²) in [5.74, 6) is 0.0640. The van der Waals surface area contributed by atoms with Gasteiger partial charge >= 0.3 is 5.97 Å². The molecule has 28 heavy (non-hydrogen) atoms. The Morgan fingerprint density at radius 2 is 1.89 bits per heavy atom. The first-order valence-electron chi connectivity index (χ1n) is 8.81. The fraction of sp³-hybridized carbons (Fsp3) is 0.143. The van der Waals surface area contributed by atoms with E-state index in [1.54, 1.807) is 54.2 Å². The lowest BCUT2D eigenvalue weighted by Gasteiger charge is -2.09. The van der Waals surface area contributed by atoms with E-state index >= 15 is 0 Å². The zero-order valence-electron chi connectivity index (χ0n) is 15.6. The van der Waals surface area contributed by atoms with Gasteiger partial charge in [-0.25, -0.2) is 9.78 Å². The Balaban J connectivity index is 1.94. The molecule has 7 nitrogen and oxygen atoms in total. The monoisotopic (exact) mass is 376 g/mol. The highest BCUT2D eigenvalue weighted by atomic mass is 16.5. The number of benzene rings is 1. The molecule has 0 aliphatic rings. The van der Waals surface area contributed by atoms with Gasteiger partial charge in [-0.2, -0.15) is 9.78 Å². The standard InChI is InChI=1S/C21H20N4O3/c1-3-28-21(27)17(20(26)16-9-5-4-6-10-16)14-23-19-13-15(2)24-25(19)18-11-7-8-12-22-18/h4-14,23H,3H2,1-2H3. The van der Waals surface area contributed by atoms with E-state index in [-0.39, 0.29) is 12.2 Å². The molecule has 0 unspecified atom stereocenters. The molecule has 1 aromatic carbocycles. The smallest absolute Gasteiger partial charge is 0.343 e. The van der Waals surface area contributed by atoms with Crippen molar-refractivity contribution in [1.82, 2.24) is 14.8 Å². The molecule has 3 rings (SSSR count). The summed E-state index contributed by atoms with van der Waals surface area (Å²) in [5, 5.41) is 7.40. The summed E-state index contributed by atoms with van der Waals surface area (Å²) in [4.78, 5) is 29.4. The number of anilines is 1. The van der Waals surface area contributed by atoms with Gasteiger partial charge in [0.25, 0.3) is 0 Å². The van der Waals surface area contributed by atoms with Crippen LogP contribution in [-0.4, -0.2) is 33.1 Å². The Bertz CT molecular complexity index is 995. The minimum atomic E-state index is -0.690. The van der Waals surface area contributed by atoms with Crippen molar-refractivity contribution in [2.24, 2.45) is 0 Å². The number of aryl methyl sites for hydroxylation is 1. The molecule has 2 aromatic heterocycles. The fourth-order valence-electron chi connectivity index (χ4n) is 2.57. The van der Waals surface area contributed by atoms with Crippen molar-refractivity contribution in [3.63, 3.8) is 0 Å². The maximum absolute atomic E-state index is 12.8. The molecule has 0 aliphatic carbocycles. The van der Waals surface area contributed by atoms with Gasteiger partial charge in [0.2, 0.25) is 5.78 Å². The van der Waals surface area contributed by atoms with E-state index in [1.165, 1.54) is 6.20 Å². The van der Waals surface area contributed by atoms with E-state index in [0.29, 0.717) is 17.2 Å². The van der Waals surface area contributed by atoms with Gasteiger partial charge < -0.3 is 10.1 Å². The number of nitrogens with one attached hydrogen (secondary N) is 1. The predicted octanol–water partition coefficient (Wildman–Crippen LogP) is 3.32. The number of pyridine rings is 1. The minimum Gasteiger partial charge on any atom is -0.462 e. The second-order valence-electron chi connectivity index (χ2n) is 5.89. The fourth-order valence-corrected chi connectivity index (χ4v) is 2.57. The van der Waals surface area contributed by atoms with Crippen LogP contribution < -0.4 is 5.32 Å². The van der Waals surface area contributed by atoms with Crippen molar-refractivity contribution in [3.8, 4) is 5.82 Å². The molecule has 0 amide bonds. The Labute approximate surface area is 162 Å². The maximum Gasteiger partial charge on any atom is 0.343 e. The van der Waals surface area contributed by atoms with Crippen LogP contribution in [0.5, 0.6) is 0 Å². The number of carbonyl (C=O) groups excluding carboxylic acids is 2. The summed E-state index contributed by atoms with van der Waals surface area (Å²) in [6.45, 7) is 3.70. The number of hydrogen-bond donors (Lipinski definition) is 1. The minimum absolute atomic E-state index is 0.0977. The van der Waals surface area contributed by atoms with E-state index in [0.717, 1.165) is 5.69 Å². The first-order valence-corrected chi connectivity index (χ1v) is 8.81. The van der Waals surface area contributed by atoms with Gasteiger partial charge in [0.15, 0.2) is 5.82 Å². The van der Waals surface area contributed by atoms with Crippen molar-refractivity contribution >= 4 is 17.6 Å². The number of rotatable bonds is 7. The van der Waals surface area contributed by atoms with Crippen molar-refractivity contribution < 1.29 is 14.3 Å². The van der Waals surface area contributed by atoms with Gasteiger partial charge in [-0.3, -0.25) is 4.79 Å². The molecule has 0 aliphatic heterocycles. The molecule has 1 N–H and O–H groups in total. The molecule has 0 fully saturated rings. The van der Waals surface area contributed by atoms with Crippen molar-refractivity contribution in [3.05, 3.63) is 83.8 Å². The molecule has 7 heteroatoms. The predicted molar refractivity (Wildman–Crippen MR) is 105 cm³/mol. The average molecular weight is 376 g/mol. The number of nitrogens with zero attached hydrogens (tertiary/aromatic N) is 3. The Morgan fingerprint density at radius 1 is 1.14 bits per heavy atom. The number of ketones is 1. The molecule has 142 valence electrons. The van der Waals surface area contributed by atoms with Crippen LogP contribution in [0.3, 0.4) is 0 Å². The van der Waals surface area contributed by atoms with Crippen LogP contribution in [0.4, 0.5) is 5.82 Å². The third kappa shape index (κ3) is 4.32. The van der Waals surface area contributed by atoms with Crippen LogP contribution in [0.25, 0.3) is 5.82 Å². The highest BCUT2D eigenvalue weighted by Gasteiger charge is 2.21. The summed E-state index contributed by atoms with van der Waals surface area (Å²) in [5.41, 5.74) is 1.06. The summed E-state index contributed by atoms with van der Waals surface area (Å²) < 4.78 is 6.65. The zero-order chi connectivity index (χ0) is 19.9. The normalized spacial score (nSPS) is 11.1. The lowest BCUT2D eigenvalue weighted by molar-refractivity contribution is -0.138. The largest absolute Gasteiger partial charge is 0.462 e. The van der Waals surface area contributed by atoms with E-state index < -0.39 is 11.8 Å². The number of hydrogen-bond acceptors (Lipinski definition) is 6. The topological polar surface area (TPSA) is 86.1 Å². The average Bonchev–Trinajstić information content (AvgIpc) is 3.10. The first-order chi connectivity index (χ1) is 13.6. The van der Waals surface area contributed by atoms with E-state index in [2.05, 4.69) is 15.4 Å². The number of Topliss-reactive ketones (excluding diaryl/α,β-unsaturated/α-hetero) is 1. The second kappa shape index (κ2) is 8.77. The van der Waals surface area contributed by atoms with E-state index in [4.69, 9.17) is 4.74 Å². The molecule has 2 heterocycles. The van der Waals surface area contributed by atoms with Crippen molar-refractivity contribution in [2.75, 3.05) is 11.9 Å². The number of ether oxygens (including phenoxy) is 1. The van der Waals surface area contributed by atoms with Gasteiger partial charge in [0, 0.05) is 24.0 Å². The van der Waals surface area contributed by atoms with Gasteiger partial charge in [-0.05, 0) is 26.0 Å². The van der Waals surface area contributed by atoms with E-state index in [9.17, 15) is 9.59 Å². The molecule has 0 saturated carbocycles. The van der Waals surface area contributed by atoms with Crippen LogP contribution in [0.1, 0.15) is 23.0 Å². The van der Waals surface area contributed by atoms with Gasteiger partial charge in [0.1, 0.15) is 11.4 Å². The Morgan fingerprint density at radius 3 is 2.57 bits per heavy atom. The van der Waals surface area contributed by atoms with Gasteiger partial charge in [0.05, 0.1) is 12.3 Å². The third-order valence-electron chi connectivity index (χ3n) is 3.84. The lowest BCUT2D eigenvalue weighted by atomic mass is 10.0. The molecular formula is C21H20N4O3. The summed E-state index contributed by atoms with van der Waals surface area (Å²) >= 11 is 0. The second-order valence-corrected chi connectivity index (χ2v) is 5.89. The van der Waals surface area contributed by atoms with Crippen molar-refractivity contribution in [1.29, 1.82) is 0 Å². The summed E-state index contributed by atoms with van der Waals surface area (Å²) in [7, 11) is 0. The van der Waals surface area contributed by atoms with Gasteiger partial charge in [-0.1, -0.05) is 36.4 Å². The molecular weight excluding hydrogens is 356 g/mol. The van der Waals surface area contributed by atoms with Crippen molar-refractivity contribution in [2.45, 2.75) is 13.8 Å². The number of aromatic nitrogens is 3. The Hall–Kier alpha value is -3.74. The van der Waals surface area contributed by atoms with Crippen LogP contribution in [0.15, 0.2) is 72.6 Å². The molecule has 0 saturated heterocycles. The highest BCUT2D eigenvalue weighted by molar-refractivity contribution is 6.24. The number of carbonyl (C=O) groups is 2. The third-order valence-corrected chi connectivity index (χ3v) is 3.84. The maximum atomic E-state index is 12.8. The highest BCUT2D eigenvalue weighted by Crippen LogP contribution is 2.17. The van der Waals surface area contributed by atoms with Crippen LogP contribution in [0.2, 0.25) is 0 Å². The summed E-state index contributed by atoms with van der Waals surface area (Å²) in [6, 6.07) is 15.8. The van der Waals surface area contributed by atoms with Crippen LogP contribution in [-0.2, 0) is 9.53 Å². The zero-order valence-corrected chi connectivity index (χ0v) is 15.6. The quantitative estimate of drug-likeness (QED) is 0.224. The van der Waals surface area contributed by atoms with E-state index in [1.807, 2.05) is 25.1 Å². The molecule has 0 radical (unpaired) electrons. The Kier molecular flexibility index (Phi) is 5.96. The number of esters is 1. The lowest BCUT2D eigenvalue weighted by Crippen LogP contribution is -2.18. The van der Waals surface area contributed by atoms with Crippen LogP contribution in [0, 0.1) is 6.92 Å². The first kappa shape index (κ1) is 19.0. The molecule has 0 bridgehead atoms. The molecule has 3 aromatic rings. The summed E-state index contributed by atoms with van der Waals surface area (Å²) in [6.07, 6.45) is 3.01. The molecule has 0 atom stereocenters. The SMILES string of the molecule is CCOC(=O)C(=CNc1cc(C)nn1-c1ccccn1)C(=O)c1ccccc1. The van der Waals surface area contributed by atoms with Crippen LogP contribution >= 0.6 is 0 Å². The van der Waals surface area contributed by atoms with Gasteiger partial charge in [-0.15, -0.1) is 0 Å².